The van der Waals surface area contributed by atoms with E-state index in [9.17, 15) is 0 Å². The largest absolute Gasteiger partial charge is 0 e. The molecule has 46 heteroatoms. The molecule has 0 radical (unpaired) electrons. The van der Waals surface area contributed by atoms with E-state index < -0.39 is 0 Å². The van der Waals surface area contributed by atoms with Gasteiger partial charge in [-0.25, -0.2) is 0 Å². The normalized spacial score (nSPS) is 0. The van der Waals surface area contributed by atoms with Gasteiger partial charge in [-0.2, -0.15) is 0 Å². The minimum Gasteiger partial charge on any atom is 0 e. The van der Waals surface area contributed by atoms with Crippen LogP contribution in [0, 0.1) is 0 Å². The molecule has 0 aromatic heterocycles. The second kappa shape index (κ2) is 473. The SMILES string of the molecule is [Zn].[Zn].[Zn].[Zn].[Zn].[Zn].[Zn].[Zn].[Zn].[Zn].[Zn].[Zn].[Zn].[Zn].[Zn].[Zn].[Zn].[Zn].[Zn].[Zn].[Zn].[Zn].[Zn].[Zn].[Zn].[Zn].[Zn].[Zn].[Zn].[Zn].[Zn].[Zn].[Zn].[Zn].[Zn].[Zn].[Zn].[Zn].[Zn].[Zn].[Zn].[Zn].[Zn].[Zn].[Zn].[Zn]. The summed E-state index contributed by atoms with van der Waals surface area (Å²) >= 11 is 0. The standard InChI is InChI=1S/46Zn. The van der Waals surface area contributed by atoms with Gasteiger partial charge in [0.2, 0.25) is 0 Å². The Morgan fingerprint density at radius 1 is 0.0217 bits per heavy atom. The molecule has 0 atom stereocenters. The van der Waals surface area contributed by atoms with Crippen molar-refractivity contribution >= 4 is 0 Å². The van der Waals surface area contributed by atoms with E-state index in [1.165, 1.54) is 0 Å². The molecule has 0 N–H and O–H groups in total. The first-order valence-electron chi connectivity index (χ1n) is 0. The quantitative estimate of drug-likeness (QED) is 0.298. The zero-order valence-electron chi connectivity index (χ0n) is 32.5. The Morgan fingerprint density at radius 2 is 0.0217 bits per heavy atom. The summed E-state index contributed by atoms with van der Waals surface area (Å²) in [6.07, 6.45) is 0. The summed E-state index contributed by atoms with van der Waals surface area (Å²) in [7, 11) is 0. The summed E-state index contributed by atoms with van der Waals surface area (Å²) in [6, 6.07) is 0. The molecule has 0 saturated carbocycles. The minimum atomic E-state index is 0. The van der Waals surface area contributed by atoms with Gasteiger partial charge in [-0.3, -0.25) is 0 Å². The van der Waals surface area contributed by atoms with E-state index >= 15 is 0 Å². The Bertz CT molecular complexity index is 0. The fourth-order valence-electron chi connectivity index (χ4n) is 0. The zero-order chi connectivity index (χ0) is 0. The zero-order valence-corrected chi connectivity index (χ0v) is 169. The Morgan fingerprint density at radius 3 is 0.0217 bits per heavy atom. The minimum absolute atomic E-state index is 0. The molecule has 0 rings (SSSR count). The maximum Gasteiger partial charge on any atom is 0 e. The Kier molecular flexibility index (Phi) is 5070. The number of hydrogen-bond acceptors (Lipinski definition) is 0. The van der Waals surface area contributed by atoms with Crippen molar-refractivity contribution in [2.75, 3.05) is 0 Å². The third kappa shape index (κ3) is 454. The van der Waals surface area contributed by atoms with Crippen LogP contribution in [0.15, 0.2) is 0 Å². The molecule has 0 heterocycles. The van der Waals surface area contributed by atoms with Crippen molar-refractivity contribution in [2.45, 2.75) is 0 Å². The molecule has 92 valence electrons. The van der Waals surface area contributed by atoms with Crippen LogP contribution in [-0.2, 0) is 896 Å². The fourth-order valence-corrected chi connectivity index (χ4v) is 0. The molecule has 0 nitrogen and oxygen atoms in total. The van der Waals surface area contributed by atoms with Crippen LogP contribution in [0.5, 0.6) is 0 Å². The second-order valence-electron chi connectivity index (χ2n) is 0. The van der Waals surface area contributed by atoms with Gasteiger partial charge in [0.1, 0.15) is 0 Å². The Labute approximate surface area is 870 Å². The molecule has 0 saturated heterocycles. The number of rotatable bonds is 0. The second-order valence-corrected chi connectivity index (χ2v) is 0. The predicted octanol–water partition coefficient (Wildman–Crippen LogP) is -0.115. The van der Waals surface area contributed by atoms with Crippen molar-refractivity contribution in [1.82, 2.24) is 0 Å². The van der Waals surface area contributed by atoms with Crippen LogP contribution in [-0.4, -0.2) is 0 Å². The first-order chi connectivity index (χ1) is 0. The molecule has 46 heavy (non-hydrogen) atoms. The first kappa shape index (κ1) is 493. The molecule has 0 amide bonds. The van der Waals surface area contributed by atoms with Gasteiger partial charge in [-0.15, -0.1) is 0 Å². The van der Waals surface area contributed by atoms with Crippen molar-refractivity contribution in [2.24, 2.45) is 0 Å². The third-order valence-corrected chi connectivity index (χ3v) is 0. The van der Waals surface area contributed by atoms with Crippen LogP contribution in [0.4, 0.5) is 0 Å². The van der Waals surface area contributed by atoms with E-state index in [0.717, 1.165) is 0 Å². The van der Waals surface area contributed by atoms with Gasteiger partial charge in [-0.1, -0.05) is 0 Å². The van der Waals surface area contributed by atoms with Crippen molar-refractivity contribution in [3.05, 3.63) is 0 Å². The van der Waals surface area contributed by atoms with Crippen LogP contribution in [0.3, 0.4) is 0 Å². The molecule has 0 aliphatic heterocycles. The van der Waals surface area contributed by atoms with E-state index in [-0.39, 0.29) is 896 Å². The molecule has 0 aromatic rings. The summed E-state index contributed by atoms with van der Waals surface area (Å²) in [5.74, 6) is 0. The van der Waals surface area contributed by atoms with Crippen LogP contribution in [0.2, 0.25) is 0 Å². The van der Waals surface area contributed by atoms with Gasteiger partial charge >= 0.3 is 0 Å². The maximum absolute atomic E-state index is 0. The summed E-state index contributed by atoms with van der Waals surface area (Å²) in [5, 5.41) is 0. The maximum atomic E-state index is 0. The van der Waals surface area contributed by atoms with Crippen LogP contribution in [0.25, 0.3) is 0 Å². The monoisotopic (exact) mass is 2940 g/mol. The average Bonchev–Trinajstić information content (AvgIpc) is 0. The van der Waals surface area contributed by atoms with Gasteiger partial charge in [0.25, 0.3) is 0 Å². The van der Waals surface area contributed by atoms with E-state index in [2.05, 4.69) is 0 Å². The summed E-state index contributed by atoms with van der Waals surface area (Å²) in [4.78, 5) is 0. The summed E-state index contributed by atoms with van der Waals surface area (Å²) in [5.41, 5.74) is 0. The molecule has 0 spiro atoms. The Hall–Kier alpha value is 28.7. The van der Waals surface area contributed by atoms with E-state index in [1.54, 1.807) is 0 Å². The average molecular weight is 3010 g/mol. The van der Waals surface area contributed by atoms with Crippen LogP contribution < -0.4 is 0 Å². The van der Waals surface area contributed by atoms with Gasteiger partial charge in [0, 0.05) is 896 Å². The number of hydrogen-bond donors (Lipinski definition) is 0. The molecule has 0 bridgehead atoms. The summed E-state index contributed by atoms with van der Waals surface area (Å²) in [6.45, 7) is 0. The van der Waals surface area contributed by atoms with Gasteiger partial charge in [-0.05, 0) is 0 Å². The molecular weight excluding hydrogens is 3010 g/mol. The topological polar surface area (TPSA) is 0 Å². The van der Waals surface area contributed by atoms with Crippen molar-refractivity contribution < 1.29 is 896 Å². The predicted molar refractivity (Wildman–Crippen MR) is 0 cm³/mol. The summed E-state index contributed by atoms with van der Waals surface area (Å²) < 4.78 is 0. The molecule has 0 aromatic carbocycles. The van der Waals surface area contributed by atoms with E-state index in [0.29, 0.717) is 0 Å². The molecular formula is Zn46. The van der Waals surface area contributed by atoms with Gasteiger partial charge in [0.15, 0.2) is 0 Å². The van der Waals surface area contributed by atoms with E-state index in [4.69, 9.17) is 0 Å². The first-order valence-corrected chi connectivity index (χ1v) is 0. The smallest absolute Gasteiger partial charge is 0 e. The molecule has 0 aliphatic carbocycles. The van der Waals surface area contributed by atoms with Crippen LogP contribution in [0.1, 0.15) is 0 Å². The van der Waals surface area contributed by atoms with Gasteiger partial charge in [0.05, 0.1) is 0 Å². The van der Waals surface area contributed by atoms with Crippen molar-refractivity contribution in [3.8, 4) is 0 Å². The third-order valence-electron chi connectivity index (χ3n) is 0. The van der Waals surface area contributed by atoms with Crippen molar-refractivity contribution in [1.29, 1.82) is 0 Å². The van der Waals surface area contributed by atoms with Gasteiger partial charge < -0.3 is 0 Å². The van der Waals surface area contributed by atoms with E-state index in [1.807, 2.05) is 0 Å². The molecule has 0 unspecified atom stereocenters. The van der Waals surface area contributed by atoms with Crippen LogP contribution >= 0.6 is 0 Å². The Balaban J connectivity index is 0. The molecule has 0 aliphatic rings. The van der Waals surface area contributed by atoms with Crippen molar-refractivity contribution in [3.63, 3.8) is 0 Å². The molecule has 0 fully saturated rings. The fraction of sp³-hybridized carbons (Fsp3) is 0.